The van der Waals surface area contributed by atoms with Crippen molar-refractivity contribution in [3.8, 4) is 5.75 Å². The highest BCUT2D eigenvalue weighted by molar-refractivity contribution is 7.80. The second-order valence-electron chi connectivity index (χ2n) is 8.39. The highest BCUT2D eigenvalue weighted by atomic mass is 32.1. The molecule has 162 valence electrons. The van der Waals surface area contributed by atoms with Gasteiger partial charge in [-0.15, -0.1) is 0 Å². The molecule has 6 heteroatoms. The maximum absolute atomic E-state index is 5.83. The number of thiocarbonyl (C=S) groups is 1. The number of hydrogen-bond donors (Lipinski definition) is 1. The lowest BCUT2D eigenvalue weighted by Crippen LogP contribution is -2.29. The van der Waals surface area contributed by atoms with Crippen LogP contribution in [-0.2, 0) is 6.54 Å². The number of methoxy groups -OCH3 is 1. The summed E-state index contributed by atoms with van der Waals surface area (Å²) >= 11 is 5.83. The molecule has 1 aromatic carbocycles. The van der Waals surface area contributed by atoms with E-state index in [0.29, 0.717) is 6.04 Å². The second kappa shape index (κ2) is 8.71. The number of rotatable bonds is 6. The molecule has 1 fully saturated rings. The molecule has 3 heterocycles. The minimum atomic E-state index is -0.00643. The Morgan fingerprint density at radius 1 is 1.13 bits per heavy atom. The molecule has 2 atom stereocenters. The van der Waals surface area contributed by atoms with E-state index in [9.17, 15) is 0 Å². The Balaban J connectivity index is 1.77. The van der Waals surface area contributed by atoms with Crippen molar-refractivity contribution in [2.45, 2.75) is 52.4 Å². The van der Waals surface area contributed by atoms with Gasteiger partial charge in [-0.25, -0.2) is 0 Å². The maximum atomic E-state index is 5.83. The van der Waals surface area contributed by atoms with Gasteiger partial charge < -0.3 is 19.5 Å². The van der Waals surface area contributed by atoms with Gasteiger partial charge >= 0.3 is 0 Å². The van der Waals surface area contributed by atoms with Gasteiger partial charge in [0.2, 0.25) is 0 Å². The van der Waals surface area contributed by atoms with Crippen molar-refractivity contribution in [3.63, 3.8) is 0 Å². The molecule has 0 unspecified atom stereocenters. The fourth-order valence-electron chi connectivity index (χ4n) is 4.74. The van der Waals surface area contributed by atoms with Gasteiger partial charge in [0.1, 0.15) is 5.75 Å². The Hall–Kier alpha value is -2.86. The van der Waals surface area contributed by atoms with Gasteiger partial charge in [-0.05, 0) is 81.4 Å². The van der Waals surface area contributed by atoms with Gasteiger partial charge in [-0.3, -0.25) is 4.98 Å². The van der Waals surface area contributed by atoms with Gasteiger partial charge in [0, 0.05) is 30.2 Å². The second-order valence-corrected chi connectivity index (χ2v) is 8.78. The Labute approximate surface area is 190 Å². The Morgan fingerprint density at radius 2 is 1.87 bits per heavy atom. The van der Waals surface area contributed by atoms with Crippen molar-refractivity contribution in [2.75, 3.05) is 7.11 Å². The summed E-state index contributed by atoms with van der Waals surface area (Å²) < 4.78 is 7.72. The van der Waals surface area contributed by atoms with Crippen LogP contribution in [-0.4, -0.2) is 26.7 Å². The Morgan fingerprint density at radius 3 is 2.45 bits per heavy atom. The molecule has 0 amide bonds. The van der Waals surface area contributed by atoms with Gasteiger partial charge in [-0.2, -0.15) is 0 Å². The summed E-state index contributed by atoms with van der Waals surface area (Å²) in [5.74, 6) is 0.856. The van der Waals surface area contributed by atoms with E-state index >= 15 is 0 Å². The lowest BCUT2D eigenvalue weighted by molar-refractivity contribution is 0.309. The van der Waals surface area contributed by atoms with Crippen LogP contribution in [0, 0.1) is 13.8 Å². The minimum absolute atomic E-state index is 0.00643. The molecule has 1 aliphatic rings. The van der Waals surface area contributed by atoms with Crippen LogP contribution < -0.4 is 10.1 Å². The number of aromatic nitrogens is 2. The van der Waals surface area contributed by atoms with Crippen molar-refractivity contribution in [1.29, 1.82) is 0 Å². The zero-order valence-corrected chi connectivity index (χ0v) is 19.6. The molecule has 0 aliphatic carbocycles. The predicted molar refractivity (Wildman–Crippen MR) is 128 cm³/mol. The van der Waals surface area contributed by atoms with E-state index in [1.807, 2.05) is 30.5 Å². The molecule has 31 heavy (non-hydrogen) atoms. The van der Waals surface area contributed by atoms with Gasteiger partial charge in [0.05, 0.1) is 24.9 Å². The molecular weight excluding hydrogens is 404 g/mol. The number of nitrogens with zero attached hydrogens (tertiary/aromatic N) is 3. The van der Waals surface area contributed by atoms with Crippen LogP contribution in [0.2, 0.25) is 0 Å². The van der Waals surface area contributed by atoms with Crippen molar-refractivity contribution in [3.05, 3.63) is 82.9 Å². The van der Waals surface area contributed by atoms with Gasteiger partial charge in [0.25, 0.3) is 0 Å². The van der Waals surface area contributed by atoms with Crippen LogP contribution in [0.25, 0.3) is 0 Å². The van der Waals surface area contributed by atoms with Crippen LogP contribution in [0.3, 0.4) is 0 Å². The van der Waals surface area contributed by atoms with Crippen molar-refractivity contribution in [1.82, 2.24) is 19.8 Å². The molecule has 0 spiro atoms. The molecular formula is C25H30N4OS. The van der Waals surface area contributed by atoms with E-state index in [1.54, 1.807) is 7.11 Å². The van der Waals surface area contributed by atoms with Crippen molar-refractivity contribution >= 4 is 17.3 Å². The monoisotopic (exact) mass is 434 g/mol. The molecule has 3 aromatic rings. The first-order chi connectivity index (χ1) is 14.9. The molecule has 5 nitrogen and oxygen atoms in total. The summed E-state index contributed by atoms with van der Waals surface area (Å²) in [5, 5.41) is 4.31. The quantitative estimate of drug-likeness (QED) is 0.536. The Bertz CT molecular complexity index is 1060. The standard InChI is InChI=1S/C25H30N4OS/c1-16(2)29-17(3)14-21(18(29)4)24-23(22-8-6-7-13-26-22)27-25(31)28(24)15-19-9-11-20(30-5)12-10-19/h6-14,16,23-24H,15H2,1-5H3,(H,27,31)/t23-,24+/m0/s1. The van der Waals surface area contributed by atoms with Crippen LogP contribution in [0.5, 0.6) is 5.75 Å². The van der Waals surface area contributed by atoms with E-state index in [2.05, 4.69) is 71.7 Å². The van der Waals surface area contributed by atoms with Gasteiger partial charge in [0.15, 0.2) is 5.11 Å². The molecule has 1 saturated heterocycles. The number of aryl methyl sites for hydroxylation is 1. The third-order valence-corrected chi connectivity index (χ3v) is 6.42. The van der Waals surface area contributed by atoms with Gasteiger partial charge in [-0.1, -0.05) is 18.2 Å². The predicted octanol–water partition coefficient (Wildman–Crippen LogP) is 5.26. The Kier molecular flexibility index (Phi) is 6.01. The molecule has 1 N–H and O–H groups in total. The van der Waals surface area contributed by atoms with E-state index < -0.39 is 0 Å². The van der Waals surface area contributed by atoms with E-state index in [4.69, 9.17) is 17.0 Å². The summed E-state index contributed by atoms with van der Waals surface area (Å²) in [6, 6.07) is 17.0. The largest absolute Gasteiger partial charge is 0.497 e. The van der Waals surface area contributed by atoms with Crippen LogP contribution >= 0.6 is 12.2 Å². The van der Waals surface area contributed by atoms with Crippen molar-refractivity contribution < 1.29 is 4.74 Å². The van der Waals surface area contributed by atoms with Crippen molar-refractivity contribution in [2.24, 2.45) is 0 Å². The summed E-state index contributed by atoms with van der Waals surface area (Å²) in [6.07, 6.45) is 1.85. The molecule has 0 saturated carbocycles. The first kappa shape index (κ1) is 21.4. The SMILES string of the molecule is COc1ccc(CN2C(=S)N[C@@H](c3ccccn3)[C@H]2c2cc(C)n(C(C)C)c2C)cc1. The number of nitrogens with one attached hydrogen (secondary N) is 1. The maximum Gasteiger partial charge on any atom is 0.170 e. The first-order valence-corrected chi connectivity index (χ1v) is 11.1. The minimum Gasteiger partial charge on any atom is -0.497 e. The number of pyridine rings is 1. The number of ether oxygens (including phenoxy) is 1. The highest BCUT2D eigenvalue weighted by Gasteiger charge is 2.41. The fraction of sp³-hybridized carbons (Fsp3) is 0.360. The summed E-state index contributed by atoms with van der Waals surface area (Å²) in [5.41, 5.74) is 6.03. The lowest BCUT2D eigenvalue weighted by atomic mass is 9.96. The fourth-order valence-corrected chi connectivity index (χ4v) is 5.04. The molecule has 4 rings (SSSR count). The normalized spacial score (nSPS) is 18.5. The van der Waals surface area contributed by atoms with E-state index in [-0.39, 0.29) is 12.1 Å². The molecule has 2 aromatic heterocycles. The van der Waals surface area contributed by atoms with Crippen LogP contribution in [0.15, 0.2) is 54.7 Å². The number of benzene rings is 1. The molecule has 1 aliphatic heterocycles. The molecule has 0 radical (unpaired) electrons. The molecule has 0 bridgehead atoms. The zero-order chi connectivity index (χ0) is 22.1. The first-order valence-electron chi connectivity index (χ1n) is 10.7. The van der Waals surface area contributed by atoms with E-state index in [0.717, 1.165) is 23.1 Å². The highest BCUT2D eigenvalue weighted by Crippen LogP contribution is 2.42. The average molecular weight is 435 g/mol. The van der Waals surface area contributed by atoms with Crippen LogP contribution in [0.4, 0.5) is 0 Å². The lowest BCUT2D eigenvalue weighted by Gasteiger charge is -2.28. The summed E-state index contributed by atoms with van der Waals surface area (Å²) in [4.78, 5) is 6.95. The summed E-state index contributed by atoms with van der Waals surface area (Å²) in [6.45, 7) is 9.57. The zero-order valence-electron chi connectivity index (χ0n) is 18.8. The van der Waals surface area contributed by atoms with E-state index in [1.165, 1.54) is 22.5 Å². The smallest absolute Gasteiger partial charge is 0.170 e. The number of hydrogen-bond acceptors (Lipinski definition) is 3. The topological polar surface area (TPSA) is 42.3 Å². The summed E-state index contributed by atoms with van der Waals surface area (Å²) in [7, 11) is 1.69. The third kappa shape index (κ3) is 4.04. The average Bonchev–Trinajstić information content (AvgIpc) is 3.24. The third-order valence-electron chi connectivity index (χ3n) is 6.07. The van der Waals surface area contributed by atoms with Crippen LogP contribution in [0.1, 0.15) is 60.2 Å².